The molecule has 0 aliphatic rings. The van der Waals surface area contributed by atoms with Crippen molar-refractivity contribution in [1.29, 1.82) is 0 Å². The molecule has 2 N–H and O–H groups in total. The SMILES string of the molecule is C=C(OC)C(=O)c1ccc(C[C@H](N)C=O)cc1. The fraction of sp³-hybridized carbons (Fsp3) is 0.231. The van der Waals surface area contributed by atoms with E-state index >= 15 is 0 Å². The Kier molecular flexibility index (Phi) is 4.60. The minimum absolute atomic E-state index is 0.0994. The predicted molar refractivity (Wildman–Crippen MR) is 64.7 cm³/mol. The van der Waals surface area contributed by atoms with Crippen molar-refractivity contribution in [3.05, 3.63) is 47.7 Å². The second-order valence-electron chi connectivity index (χ2n) is 3.66. The summed E-state index contributed by atoms with van der Waals surface area (Å²) in [4.78, 5) is 22.1. The third-order valence-electron chi connectivity index (χ3n) is 2.36. The summed E-state index contributed by atoms with van der Waals surface area (Å²) >= 11 is 0. The van der Waals surface area contributed by atoms with Gasteiger partial charge in [0, 0.05) is 5.56 Å². The van der Waals surface area contributed by atoms with E-state index in [1.807, 2.05) is 0 Å². The Bertz CT molecular complexity index is 423. The van der Waals surface area contributed by atoms with E-state index < -0.39 is 6.04 Å². The quantitative estimate of drug-likeness (QED) is 0.346. The Morgan fingerprint density at radius 2 is 2.06 bits per heavy atom. The molecule has 0 amide bonds. The molecule has 1 rings (SSSR count). The zero-order valence-electron chi connectivity index (χ0n) is 9.68. The molecular weight excluding hydrogens is 218 g/mol. The van der Waals surface area contributed by atoms with Gasteiger partial charge in [0.1, 0.15) is 6.29 Å². The maximum atomic E-state index is 11.7. The van der Waals surface area contributed by atoms with Crippen molar-refractivity contribution in [2.24, 2.45) is 5.73 Å². The summed E-state index contributed by atoms with van der Waals surface area (Å²) in [5.41, 5.74) is 6.91. The van der Waals surface area contributed by atoms with Crippen molar-refractivity contribution in [3.63, 3.8) is 0 Å². The van der Waals surface area contributed by atoms with Crippen LogP contribution in [-0.4, -0.2) is 25.2 Å². The molecule has 1 aromatic carbocycles. The van der Waals surface area contributed by atoms with Gasteiger partial charge >= 0.3 is 0 Å². The first-order chi connectivity index (χ1) is 8.08. The summed E-state index contributed by atoms with van der Waals surface area (Å²) in [6.45, 7) is 3.50. The van der Waals surface area contributed by atoms with E-state index in [9.17, 15) is 9.59 Å². The summed E-state index contributed by atoms with van der Waals surface area (Å²) in [5.74, 6) is -0.152. The summed E-state index contributed by atoms with van der Waals surface area (Å²) in [6.07, 6.45) is 1.16. The van der Waals surface area contributed by atoms with Gasteiger partial charge < -0.3 is 15.3 Å². The molecule has 0 aliphatic heterocycles. The molecule has 90 valence electrons. The lowest BCUT2D eigenvalue weighted by Gasteiger charge is -2.06. The minimum Gasteiger partial charge on any atom is -0.493 e. The van der Waals surface area contributed by atoms with Gasteiger partial charge in [0.05, 0.1) is 13.2 Å². The van der Waals surface area contributed by atoms with Gasteiger partial charge in [-0.1, -0.05) is 30.8 Å². The van der Waals surface area contributed by atoms with Crippen LogP contribution >= 0.6 is 0 Å². The number of methoxy groups -OCH3 is 1. The Balaban J connectivity index is 2.77. The first-order valence-corrected chi connectivity index (χ1v) is 5.16. The number of Topliss-reactive ketones (excluding diaryl/α,β-unsaturated/α-hetero) is 1. The van der Waals surface area contributed by atoms with Gasteiger partial charge in [-0.05, 0) is 12.0 Å². The standard InChI is InChI=1S/C13H15NO3/c1-9(17-2)13(16)11-5-3-10(4-6-11)7-12(14)8-15/h3-6,8,12H,1,7,14H2,2H3/t12-/m0/s1. The summed E-state index contributed by atoms with van der Waals surface area (Å²) in [6, 6.07) is 6.35. The van der Waals surface area contributed by atoms with Crippen molar-refractivity contribution in [3.8, 4) is 0 Å². The molecule has 1 aromatic rings. The van der Waals surface area contributed by atoms with E-state index in [1.165, 1.54) is 7.11 Å². The van der Waals surface area contributed by atoms with Crippen LogP contribution in [0.25, 0.3) is 0 Å². The molecule has 0 aliphatic carbocycles. The first-order valence-electron chi connectivity index (χ1n) is 5.16. The fourth-order valence-corrected chi connectivity index (χ4v) is 1.37. The van der Waals surface area contributed by atoms with Crippen LogP contribution in [0.4, 0.5) is 0 Å². The maximum Gasteiger partial charge on any atom is 0.226 e. The van der Waals surface area contributed by atoms with Crippen LogP contribution in [0.1, 0.15) is 15.9 Å². The second-order valence-corrected chi connectivity index (χ2v) is 3.66. The largest absolute Gasteiger partial charge is 0.493 e. The molecule has 0 saturated carbocycles. The van der Waals surface area contributed by atoms with Crippen LogP contribution < -0.4 is 5.73 Å². The molecule has 4 heteroatoms. The topological polar surface area (TPSA) is 69.4 Å². The molecule has 4 nitrogen and oxygen atoms in total. The van der Waals surface area contributed by atoms with Crippen molar-refractivity contribution in [2.75, 3.05) is 7.11 Å². The number of aldehydes is 1. The van der Waals surface area contributed by atoms with Crippen molar-refractivity contribution >= 4 is 12.1 Å². The number of carbonyl (C=O) groups is 2. The first kappa shape index (κ1) is 13.1. The van der Waals surface area contributed by atoms with E-state index in [2.05, 4.69) is 6.58 Å². The van der Waals surface area contributed by atoms with Crippen LogP contribution in [0.15, 0.2) is 36.6 Å². The zero-order chi connectivity index (χ0) is 12.8. The molecule has 0 unspecified atom stereocenters. The Morgan fingerprint density at radius 1 is 1.47 bits per heavy atom. The molecule has 17 heavy (non-hydrogen) atoms. The van der Waals surface area contributed by atoms with Gasteiger partial charge in [-0.2, -0.15) is 0 Å². The van der Waals surface area contributed by atoms with Gasteiger partial charge in [-0.3, -0.25) is 4.79 Å². The van der Waals surface area contributed by atoms with E-state index in [0.717, 1.165) is 5.56 Å². The number of hydrogen-bond donors (Lipinski definition) is 1. The smallest absolute Gasteiger partial charge is 0.226 e. The lowest BCUT2D eigenvalue weighted by molar-refractivity contribution is -0.108. The Labute approximate surface area is 100 Å². The van der Waals surface area contributed by atoms with E-state index in [-0.39, 0.29) is 11.5 Å². The lowest BCUT2D eigenvalue weighted by atomic mass is 10.0. The molecule has 0 heterocycles. The third-order valence-corrected chi connectivity index (χ3v) is 2.36. The average Bonchev–Trinajstić information content (AvgIpc) is 2.37. The third kappa shape index (κ3) is 3.53. The minimum atomic E-state index is -0.509. The van der Waals surface area contributed by atoms with Gasteiger partial charge in [-0.15, -0.1) is 0 Å². The highest BCUT2D eigenvalue weighted by Crippen LogP contribution is 2.10. The Morgan fingerprint density at radius 3 is 2.53 bits per heavy atom. The molecule has 0 fully saturated rings. The summed E-state index contributed by atoms with van der Waals surface area (Å²) < 4.78 is 4.77. The van der Waals surface area contributed by atoms with Crippen LogP contribution in [-0.2, 0) is 16.0 Å². The molecule has 1 atom stereocenters. The number of benzene rings is 1. The predicted octanol–water partition coefficient (Wildman–Crippen LogP) is 1.10. The monoisotopic (exact) mass is 233 g/mol. The Hall–Kier alpha value is -1.94. The average molecular weight is 233 g/mol. The normalized spacial score (nSPS) is 11.6. The molecule has 0 saturated heterocycles. The number of allylic oxidation sites excluding steroid dienone is 1. The highest BCUT2D eigenvalue weighted by Gasteiger charge is 2.10. The number of ketones is 1. The summed E-state index contributed by atoms with van der Waals surface area (Å²) in [7, 11) is 1.40. The van der Waals surface area contributed by atoms with E-state index in [4.69, 9.17) is 10.5 Å². The van der Waals surface area contributed by atoms with Gasteiger partial charge in [0.15, 0.2) is 5.76 Å². The number of ether oxygens (including phenoxy) is 1. The molecular formula is C13H15NO3. The van der Waals surface area contributed by atoms with Gasteiger partial charge in [0.2, 0.25) is 5.78 Å². The number of nitrogens with two attached hydrogens (primary N) is 1. The van der Waals surface area contributed by atoms with Crippen molar-refractivity contribution in [1.82, 2.24) is 0 Å². The molecule has 0 spiro atoms. The maximum absolute atomic E-state index is 11.7. The second kappa shape index (κ2) is 5.96. The van der Waals surface area contributed by atoms with Crippen molar-refractivity contribution < 1.29 is 14.3 Å². The number of rotatable bonds is 6. The highest BCUT2D eigenvalue weighted by atomic mass is 16.5. The van der Waals surface area contributed by atoms with Gasteiger partial charge in [0.25, 0.3) is 0 Å². The van der Waals surface area contributed by atoms with Crippen molar-refractivity contribution in [2.45, 2.75) is 12.5 Å². The van der Waals surface area contributed by atoms with Crippen LogP contribution in [0.3, 0.4) is 0 Å². The van der Waals surface area contributed by atoms with Crippen LogP contribution in [0.5, 0.6) is 0 Å². The van der Waals surface area contributed by atoms with E-state index in [0.29, 0.717) is 18.3 Å². The van der Waals surface area contributed by atoms with Crippen LogP contribution in [0.2, 0.25) is 0 Å². The van der Waals surface area contributed by atoms with E-state index in [1.54, 1.807) is 24.3 Å². The molecule has 0 radical (unpaired) electrons. The highest BCUT2D eigenvalue weighted by molar-refractivity contribution is 6.06. The number of hydrogen-bond acceptors (Lipinski definition) is 4. The molecule has 0 aromatic heterocycles. The van der Waals surface area contributed by atoms with Crippen LogP contribution in [0, 0.1) is 0 Å². The van der Waals surface area contributed by atoms with Gasteiger partial charge in [-0.25, -0.2) is 0 Å². The number of carbonyl (C=O) groups excluding carboxylic acids is 2. The lowest BCUT2D eigenvalue weighted by Crippen LogP contribution is -2.24. The zero-order valence-corrected chi connectivity index (χ0v) is 9.68. The fourth-order valence-electron chi connectivity index (χ4n) is 1.37. The molecule has 0 bridgehead atoms. The summed E-state index contributed by atoms with van der Waals surface area (Å²) in [5, 5.41) is 0.